The van der Waals surface area contributed by atoms with Gasteiger partial charge in [0.25, 0.3) is 20.2 Å². The van der Waals surface area contributed by atoms with Crippen LogP contribution in [-0.4, -0.2) is 42.2 Å². The molecule has 2 unspecified atom stereocenters. The summed E-state index contributed by atoms with van der Waals surface area (Å²) in [6, 6.07) is 0. The lowest BCUT2D eigenvalue weighted by atomic mass is 10.2. The first-order chi connectivity index (χ1) is 6.64. The quantitative estimate of drug-likeness (QED) is 0.467. The van der Waals surface area contributed by atoms with Gasteiger partial charge < -0.3 is 0 Å². The number of thiol groups is 1. The molecule has 1 radical (unpaired) electrons. The van der Waals surface area contributed by atoms with Crippen molar-refractivity contribution < 1.29 is 25.9 Å². The maximum Gasteiger partial charge on any atom is 0.269 e. The van der Waals surface area contributed by atoms with E-state index in [1.165, 1.54) is 0 Å². The average Bonchev–Trinajstić information content (AvgIpc) is 2.00. The van der Waals surface area contributed by atoms with Gasteiger partial charge in [0, 0.05) is 0 Å². The minimum atomic E-state index is -4.56. The standard InChI is InChI=1S/C6H13O6S3/c1-2-5(14(7,8)9)6(3-4-13)15(10,11)12/h5-6,13H,1-4H2,(H,7,8,9)(H,10,11,12). The molecule has 0 aromatic rings. The van der Waals surface area contributed by atoms with Crippen LogP contribution < -0.4 is 0 Å². The lowest BCUT2D eigenvalue weighted by Gasteiger charge is -2.20. The summed E-state index contributed by atoms with van der Waals surface area (Å²) in [5.74, 6) is 0.0659. The lowest BCUT2D eigenvalue weighted by Crippen LogP contribution is -2.39. The van der Waals surface area contributed by atoms with Crippen LogP contribution in [0.1, 0.15) is 12.8 Å². The second-order valence-electron chi connectivity index (χ2n) is 2.91. The van der Waals surface area contributed by atoms with Crippen LogP contribution in [0.25, 0.3) is 0 Å². The van der Waals surface area contributed by atoms with Crippen LogP contribution in [0.15, 0.2) is 0 Å². The molecule has 0 aliphatic heterocycles. The van der Waals surface area contributed by atoms with Crippen LogP contribution in [0.4, 0.5) is 0 Å². The summed E-state index contributed by atoms with van der Waals surface area (Å²) in [4.78, 5) is 0. The molecule has 0 spiro atoms. The van der Waals surface area contributed by atoms with Gasteiger partial charge in [-0.2, -0.15) is 29.5 Å². The van der Waals surface area contributed by atoms with Gasteiger partial charge in [0.15, 0.2) is 0 Å². The Morgan fingerprint density at radius 2 is 1.47 bits per heavy atom. The Morgan fingerprint density at radius 1 is 1.07 bits per heavy atom. The summed E-state index contributed by atoms with van der Waals surface area (Å²) < 4.78 is 61.0. The van der Waals surface area contributed by atoms with E-state index in [4.69, 9.17) is 9.11 Å². The largest absolute Gasteiger partial charge is 0.285 e. The summed E-state index contributed by atoms with van der Waals surface area (Å²) in [6.07, 6.45) is -0.529. The third kappa shape index (κ3) is 4.68. The first kappa shape index (κ1) is 15.2. The Morgan fingerprint density at radius 3 is 1.67 bits per heavy atom. The van der Waals surface area contributed by atoms with Gasteiger partial charge in [0.2, 0.25) is 0 Å². The van der Waals surface area contributed by atoms with Gasteiger partial charge in [-0.3, -0.25) is 9.11 Å². The first-order valence-electron chi connectivity index (χ1n) is 3.97. The van der Waals surface area contributed by atoms with Crippen LogP contribution in [0, 0.1) is 6.92 Å². The highest BCUT2D eigenvalue weighted by atomic mass is 32.2. The molecule has 15 heavy (non-hydrogen) atoms. The predicted octanol–water partition coefficient (Wildman–Crippen LogP) is 0.0433. The smallest absolute Gasteiger partial charge is 0.269 e. The van der Waals surface area contributed by atoms with Gasteiger partial charge in [-0.1, -0.05) is 6.92 Å². The molecule has 0 saturated heterocycles. The normalized spacial score (nSPS) is 17.3. The van der Waals surface area contributed by atoms with Gasteiger partial charge >= 0.3 is 0 Å². The second kappa shape index (κ2) is 5.48. The van der Waals surface area contributed by atoms with Crippen molar-refractivity contribution in [3.05, 3.63) is 6.92 Å². The Bertz CT molecular complexity index is 383. The summed E-state index contributed by atoms with van der Waals surface area (Å²) >= 11 is 3.75. The zero-order valence-corrected chi connectivity index (χ0v) is 10.3. The van der Waals surface area contributed by atoms with Gasteiger partial charge in [-0.25, -0.2) is 0 Å². The SMILES string of the molecule is [CH2]CC(C(CCS)S(=O)(=O)O)S(=O)(=O)O. The molecule has 0 aromatic carbocycles. The van der Waals surface area contributed by atoms with Crippen molar-refractivity contribution in [2.75, 3.05) is 5.75 Å². The second-order valence-corrected chi connectivity index (χ2v) is 6.63. The lowest BCUT2D eigenvalue weighted by molar-refractivity contribution is 0.435. The highest BCUT2D eigenvalue weighted by molar-refractivity contribution is 7.90. The number of hydrogen-bond donors (Lipinski definition) is 3. The van der Waals surface area contributed by atoms with Crippen molar-refractivity contribution >= 4 is 32.9 Å². The highest BCUT2D eigenvalue weighted by Crippen LogP contribution is 2.19. The van der Waals surface area contributed by atoms with E-state index in [1.807, 2.05) is 0 Å². The van der Waals surface area contributed by atoms with E-state index in [0.717, 1.165) is 0 Å². The highest BCUT2D eigenvalue weighted by Gasteiger charge is 2.38. The Hall–Kier alpha value is 0.170. The third-order valence-electron chi connectivity index (χ3n) is 1.88. The van der Waals surface area contributed by atoms with Crippen LogP contribution in [0.3, 0.4) is 0 Å². The van der Waals surface area contributed by atoms with Gasteiger partial charge in [0.05, 0.1) is 0 Å². The van der Waals surface area contributed by atoms with Crippen molar-refractivity contribution in [1.82, 2.24) is 0 Å². The summed E-state index contributed by atoms with van der Waals surface area (Å²) in [6.45, 7) is 3.23. The van der Waals surface area contributed by atoms with Gasteiger partial charge in [0.1, 0.15) is 10.5 Å². The fraction of sp³-hybridized carbons (Fsp3) is 0.833. The molecule has 0 aliphatic carbocycles. The van der Waals surface area contributed by atoms with Crippen LogP contribution in [0.5, 0.6) is 0 Å². The molecule has 0 heterocycles. The van der Waals surface area contributed by atoms with E-state index in [9.17, 15) is 16.8 Å². The molecule has 91 valence electrons. The molecule has 9 heteroatoms. The van der Waals surface area contributed by atoms with Gasteiger partial charge in [-0.05, 0) is 18.6 Å². The molecule has 2 atom stereocenters. The van der Waals surface area contributed by atoms with E-state index >= 15 is 0 Å². The Balaban J connectivity index is 5.24. The average molecular weight is 277 g/mol. The first-order valence-corrected chi connectivity index (χ1v) is 7.61. The van der Waals surface area contributed by atoms with E-state index < -0.39 is 30.7 Å². The van der Waals surface area contributed by atoms with Crippen molar-refractivity contribution in [3.63, 3.8) is 0 Å². The predicted molar refractivity (Wildman–Crippen MR) is 59.1 cm³/mol. The molecule has 0 aromatic heterocycles. The monoisotopic (exact) mass is 277 g/mol. The third-order valence-corrected chi connectivity index (χ3v) is 4.97. The topological polar surface area (TPSA) is 109 Å². The zero-order valence-electron chi connectivity index (χ0n) is 7.77. The van der Waals surface area contributed by atoms with Crippen LogP contribution in [-0.2, 0) is 20.2 Å². The molecule has 0 aliphatic rings. The molecule has 0 fully saturated rings. The molecular weight excluding hydrogens is 264 g/mol. The van der Waals surface area contributed by atoms with Crippen molar-refractivity contribution in [2.24, 2.45) is 0 Å². The molecule has 0 rings (SSSR count). The van der Waals surface area contributed by atoms with Crippen molar-refractivity contribution in [3.8, 4) is 0 Å². The van der Waals surface area contributed by atoms with Crippen molar-refractivity contribution in [1.29, 1.82) is 0 Å². The van der Waals surface area contributed by atoms with Crippen LogP contribution in [0.2, 0.25) is 0 Å². The summed E-state index contributed by atoms with van der Waals surface area (Å²) in [5, 5.41) is -3.22. The van der Waals surface area contributed by atoms with E-state index in [1.54, 1.807) is 0 Å². The zero-order chi connectivity index (χ0) is 12.3. The Labute approximate surface area is 95.0 Å². The Kier molecular flexibility index (Phi) is 5.55. The maximum atomic E-state index is 10.9. The maximum absolute atomic E-state index is 10.9. The minimum absolute atomic E-state index is 0.0659. The molecule has 0 saturated carbocycles. The van der Waals surface area contributed by atoms with Crippen molar-refractivity contribution in [2.45, 2.75) is 23.3 Å². The fourth-order valence-corrected chi connectivity index (χ4v) is 4.23. The van der Waals surface area contributed by atoms with Gasteiger partial charge in [-0.15, -0.1) is 0 Å². The summed E-state index contributed by atoms with van der Waals surface area (Å²) in [5.41, 5.74) is 0. The number of hydrogen-bond acceptors (Lipinski definition) is 5. The van der Waals surface area contributed by atoms with E-state index in [2.05, 4.69) is 19.6 Å². The molecule has 0 bridgehead atoms. The molecular formula is C6H13O6S3. The van der Waals surface area contributed by atoms with Crippen LogP contribution >= 0.6 is 12.6 Å². The number of rotatable bonds is 6. The molecule has 2 N–H and O–H groups in total. The minimum Gasteiger partial charge on any atom is -0.285 e. The molecule has 0 amide bonds. The molecule has 6 nitrogen and oxygen atoms in total. The fourth-order valence-electron chi connectivity index (χ4n) is 1.18. The summed E-state index contributed by atoms with van der Waals surface area (Å²) in [7, 11) is -9.10. The van der Waals surface area contributed by atoms with E-state index in [0.29, 0.717) is 0 Å². The van der Waals surface area contributed by atoms with E-state index in [-0.39, 0.29) is 18.6 Å².